The summed E-state index contributed by atoms with van der Waals surface area (Å²) in [5.74, 6) is 7.80. The average Bonchev–Trinajstić information content (AvgIpc) is 3.58. The molecule has 2 heterocycles. The molecule has 0 saturated heterocycles. The van der Waals surface area contributed by atoms with Crippen molar-refractivity contribution in [1.29, 1.82) is 0 Å². The molecule has 0 bridgehead atoms. The van der Waals surface area contributed by atoms with E-state index in [2.05, 4.69) is 37.4 Å². The molecule has 4 N–H and O–H groups in total. The smallest absolute Gasteiger partial charge is 0.408 e. The fraction of sp³-hybridized carbons (Fsp3) is 0.474. The number of ether oxygens (including phenoxy) is 2. The van der Waals surface area contributed by atoms with Gasteiger partial charge in [-0.3, -0.25) is 0 Å². The first kappa shape index (κ1) is 36.1. The maximum Gasteiger partial charge on any atom is 0.408 e. The van der Waals surface area contributed by atoms with Gasteiger partial charge in [-0.15, -0.1) is 0 Å². The van der Waals surface area contributed by atoms with Gasteiger partial charge in [0, 0.05) is 11.1 Å². The molecule has 0 fully saturated rings. The van der Waals surface area contributed by atoms with Gasteiger partial charge in [-0.05, 0) is 88.3 Å². The fourth-order valence-corrected chi connectivity index (χ4v) is 4.99. The highest BCUT2D eigenvalue weighted by molar-refractivity contribution is 5.77. The molecular formula is C38H50N6O4. The summed E-state index contributed by atoms with van der Waals surface area (Å²) in [4.78, 5) is 41.3. The van der Waals surface area contributed by atoms with Crippen LogP contribution in [0.15, 0.2) is 48.7 Å². The normalized spacial score (nSPS) is 13.7. The van der Waals surface area contributed by atoms with Crippen LogP contribution < -0.4 is 10.6 Å². The van der Waals surface area contributed by atoms with Gasteiger partial charge in [0.25, 0.3) is 0 Å². The van der Waals surface area contributed by atoms with Gasteiger partial charge < -0.3 is 30.1 Å². The summed E-state index contributed by atoms with van der Waals surface area (Å²) in [7, 11) is 0. The molecule has 0 saturated carbocycles. The number of carbonyl (C=O) groups is 2. The van der Waals surface area contributed by atoms with Gasteiger partial charge in [-0.2, -0.15) is 0 Å². The molecule has 0 aliphatic heterocycles. The van der Waals surface area contributed by atoms with E-state index in [-0.39, 0.29) is 22.9 Å². The first-order chi connectivity index (χ1) is 22.1. The monoisotopic (exact) mass is 654 g/mol. The second kappa shape index (κ2) is 13.4. The Morgan fingerprint density at radius 1 is 0.688 bits per heavy atom. The molecule has 0 spiro atoms. The minimum absolute atomic E-state index is 0.308. The van der Waals surface area contributed by atoms with Crippen LogP contribution in [0.4, 0.5) is 9.59 Å². The van der Waals surface area contributed by atoms with E-state index in [9.17, 15) is 9.59 Å². The number of aromatic nitrogens is 4. The van der Waals surface area contributed by atoms with E-state index in [1.807, 2.05) is 126 Å². The predicted octanol–water partition coefficient (Wildman–Crippen LogP) is 8.58. The number of fused-ring (bicyclic) bond motifs is 1. The van der Waals surface area contributed by atoms with E-state index in [0.717, 1.165) is 33.4 Å². The van der Waals surface area contributed by atoms with Crippen molar-refractivity contribution in [2.45, 2.75) is 106 Å². The molecule has 48 heavy (non-hydrogen) atoms. The van der Waals surface area contributed by atoms with E-state index in [0.29, 0.717) is 11.6 Å². The molecule has 4 rings (SSSR count). The van der Waals surface area contributed by atoms with Gasteiger partial charge in [0.05, 0.1) is 35.0 Å². The topological polar surface area (TPSA) is 134 Å². The maximum atomic E-state index is 12.6. The summed E-state index contributed by atoms with van der Waals surface area (Å²) in [5.41, 5.74) is 3.26. The number of nitrogens with zero attached hydrogens (tertiary/aromatic N) is 2. The predicted molar refractivity (Wildman–Crippen MR) is 189 cm³/mol. The van der Waals surface area contributed by atoms with Gasteiger partial charge in [0.1, 0.15) is 22.9 Å². The van der Waals surface area contributed by atoms with Crippen LogP contribution in [0.3, 0.4) is 0 Å². The van der Waals surface area contributed by atoms with Crippen LogP contribution in [0.1, 0.15) is 118 Å². The molecule has 1 unspecified atom stereocenters. The van der Waals surface area contributed by atoms with Crippen molar-refractivity contribution in [3.63, 3.8) is 0 Å². The Kier molecular flexibility index (Phi) is 10.1. The van der Waals surface area contributed by atoms with Gasteiger partial charge in [0.15, 0.2) is 0 Å². The van der Waals surface area contributed by atoms with Crippen LogP contribution in [-0.4, -0.2) is 43.3 Å². The van der Waals surface area contributed by atoms with Crippen LogP contribution in [0.5, 0.6) is 0 Å². The number of alkyl carbamates (subject to hydrolysis) is 2. The minimum Gasteiger partial charge on any atom is -0.444 e. The number of aromatic amines is 2. The van der Waals surface area contributed by atoms with Crippen molar-refractivity contribution >= 4 is 23.2 Å². The van der Waals surface area contributed by atoms with E-state index >= 15 is 0 Å². The van der Waals surface area contributed by atoms with Crippen LogP contribution in [-0.2, 0) is 9.47 Å². The van der Waals surface area contributed by atoms with E-state index < -0.39 is 23.4 Å². The third-order valence-electron chi connectivity index (χ3n) is 7.24. The number of imidazole rings is 2. The quantitative estimate of drug-likeness (QED) is 0.159. The van der Waals surface area contributed by atoms with Crippen molar-refractivity contribution in [2.75, 3.05) is 0 Å². The Labute approximate surface area is 284 Å². The summed E-state index contributed by atoms with van der Waals surface area (Å²) in [6.45, 7) is 23.3. The molecule has 256 valence electrons. The highest BCUT2D eigenvalue weighted by Gasteiger charge is 2.33. The standard InChI is InChI=1S/C38H50N6O4/c1-35(2,3)29(43-33(45)47-37(7,8)9)31-39-22-28(42-31)25-18-15-23(16-19-25)13-14-24-17-20-26-27(21-24)41-32(40-26)30(36(4,5)6)44-34(46)48-38(10,11)12/h15-22,29-30H,1-12H3,(H,39,42)(H,40,41)(H,43,45)(H,44,46)/t29-,30?/m1/s1. The van der Waals surface area contributed by atoms with E-state index in [1.165, 1.54) is 0 Å². The number of benzene rings is 2. The largest absolute Gasteiger partial charge is 0.444 e. The Balaban J connectivity index is 1.49. The molecular weight excluding hydrogens is 604 g/mol. The Bertz CT molecular complexity index is 1810. The Morgan fingerprint density at radius 3 is 1.71 bits per heavy atom. The van der Waals surface area contributed by atoms with E-state index in [4.69, 9.17) is 14.5 Å². The van der Waals surface area contributed by atoms with Crippen LogP contribution >= 0.6 is 0 Å². The Morgan fingerprint density at radius 2 is 1.19 bits per heavy atom. The number of hydrogen-bond acceptors (Lipinski definition) is 6. The van der Waals surface area contributed by atoms with Crippen molar-refractivity contribution in [3.8, 4) is 23.1 Å². The third-order valence-corrected chi connectivity index (χ3v) is 7.24. The fourth-order valence-electron chi connectivity index (χ4n) is 4.99. The summed E-state index contributed by atoms with van der Waals surface area (Å²) in [6.07, 6.45) is 0.796. The first-order valence-corrected chi connectivity index (χ1v) is 16.2. The summed E-state index contributed by atoms with van der Waals surface area (Å²) in [5, 5.41) is 5.96. The second-order valence-corrected chi connectivity index (χ2v) is 16.3. The Hall–Kier alpha value is -4.78. The van der Waals surface area contributed by atoms with Crippen LogP contribution in [0, 0.1) is 22.7 Å². The third kappa shape index (κ3) is 9.86. The molecule has 2 aromatic carbocycles. The molecule has 0 aliphatic carbocycles. The molecule has 10 heteroatoms. The number of rotatable bonds is 5. The highest BCUT2D eigenvalue weighted by atomic mass is 16.6. The van der Waals surface area contributed by atoms with Crippen LogP contribution in [0.25, 0.3) is 22.3 Å². The number of H-pyrrole nitrogens is 2. The lowest BCUT2D eigenvalue weighted by molar-refractivity contribution is 0.0448. The van der Waals surface area contributed by atoms with Gasteiger partial charge in [-0.1, -0.05) is 65.5 Å². The van der Waals surface area contributed by atoms with Crippen LogP contribution in [0.2, 0.25) is 0 Å². The lowest BCUT2D eigenvalue weighted by Gasteiger charge is -2.31. The number of amides is 2. The lowest BCUT2D eigenvalue weighted by atomic mass is 9.86. The molecule has 4 aromatic rings. The number of carbonyl (C=O) groups excluding carboxylic acids is 2. The van der Waals surface area contributed by atoms with E-state index in [1.54, 1.807) is 6.20 Å². The molecule has 2 aromatic heterocycles. The summed E-state index contributed by atoms with van der Waals surface area (Å²) >= 11 is 0. The maximum absolute atomic E-state index is 12.6. The molecule has 10 nitrogen and oxygen atoms in total. The SMILES string of the molecule is CC(C)(C)OC(=O)NC(c1nc2ccc(C#Cc3ccc(-c4cnc([C@@H](NC(=O)OC(C)(C)C)C(C)(C)C)[nH]4)cc3)cc2[nH]1)C(C)(C)C. The summed E-state index contributed by atoms with van der Waals surface area (Å²) in [6, 6.07) is 13.0. The number of nitrogens with one attached hydrogen (secondary N) is 4. The van der Waals surface area contributed by atoms with Gasteiger partial charge in [-0.25, -0.2) is 19.6 Å². The highest BCUT2D eigenvalue weighted by Crippen LogP contribution is 2.34. The van der Waals surface area contributed by atoms with Crippen molar-refractivity contribution in [2.24, 2.45) is 10.8 Å². The zero-order valence-electron chi connectivity index (χ0n) is 30.3. The molecule has 0 radical (unpaired) electrons. The molecule has 0 aliphatic rings. The summed E-state index contributed by atoms with van der Waals surface area (Å²) < 4.78 is 11.0. The molecule has 2 amide bonds. The zero-order chi connectivity index (χ0) is 35.7. The van der Waals surface area contributed by atoms with Gasteiger partial charge in [0.2, 0.25) is 0 Å². The van der Waals surface area contributed by atoms with Crippen molar-refractivity contribution in [1.82, 2.24) is 30.6 Å². The molecule has 2 atom stereocenters. The van der Waals surface area contributed by atoms with Crippen molar-refractivity contribution in [3.05, 3.63) is 71.4 Å². The number of hydrogen-bond donors (Lipinski definition) is 4. The first-order valence-electron chi connectivity index (χ1n) is 16.2. The minimum atomic E-state index is -0.602. The average molecular weight is 655 g/mol. The van der Waals surface area contributed by atoms with Gasteiger partial charge >= 0.3 is 12.2 Å². The second-order valence-electron chi connectivity index (χ2n) is 16.3. The van der Waals surface area contributed by atoms with Crippen molar-refractivity contribution < 1.29 is 19.1 Å². The zero-order valence-corrected chi connectivity index (χ0v) is 30.3. The lowest BCUT2D eigenvalue weighted by Crippen LogP contribution is -2.40.